The average molecular weight is 285 g/mol. The summed E-state index contributed by atoms with van der Waals surface area (Å²) in [5.74, 6) is 0.740. The highest BCUT2D eigenvalue weighted by atomic mass is 16.5. The molecule has 0 radical (unpaired) electrons. The first-order valence-electron chi connectivity index (χ1n) is 7.98. The Balaban J connectivity index is 1.61. The molecule has 0 bridgehead atoms. The fraction of sp³-hybridized carbons (Fsp3) is 1.00. The summed E-state index contributed by atoms with van der Waals surface area (Å²) in [6.07, 6.45) is 2.10. The number of hydrogen-bond acceptors (Lipinski definition) is 5. The number of β-amino-alcohol motifs (C(OH)–C–C–N with tert-alkyl or cyclic N) is 1. The van der Waals surface area contributed by atoms with Crippen molar-refractivity contribution >= 4 is 0 Å². The largest absolute Gasteiger partial charge is 0.390 e. The molecule has 118 valence electrons. The average Bonchev–Trinajstić information content (AvgIpc) is 2.42. The minimum absolute atomic E-state index is 0.233. The third-order valence-corrected chi connectivity index (χ3v) is 4.50. The lowest BCUT2D eigenvalue weighted by atomic mass is 10.00. The van der Waals surface area contributed by atoms with Gasteiger partial charge in [0.15, 0.2) is 0 Å². The van der Waals surface area contributed by atoms with Gasteiger partial charge in [-0.25, -0.2) is 0 Å². The van der Waals surface area contributed by atoms with Crippen molar-refractivity contribution in [2.45, 2.75) is 18.9 Å². The first kappa shape index (κ1) is 16.2. The fourth-order valence-corrected chi connectivity index (χ4v) is 3.19. The predicted molar refractivity (Wildman–Crippen MR) is 81.0 cm³/mol. The molecule has 20 heavy (non-hydrogen) atoms. The molecular weight excluding hydrogens is 254 g/mol. The second-order valence-electron chi connectivity index (χ2n) is 6.53. The quantitative estimate of drug-likeness (QED) is 0.741. The van der Waals surface area contributed by atoms with E-state index in [9.17, 15) is 5.11 Å². The highest BCUT2D eigenvalue weighted by Crippen LogP contribution is 2.15. The fourth-order valence-electron chi connectivity index (χ4n) is 3.19. The van der Waals surface area contributed by atoms with Crippen LogP contribution < -0.4 is 0 Å². The molecule has 5 nitrogen and oxygen atoms in total. The minimum atomic E-state index is -0.233. The summed E-state index contributed by atoms with van der Waals surface area (Å²) < 4.78 is 5.39. The van der Waals surface area contributed by atoms with E-state index in [0.717, 1.165) is 64.9 Å². The molecule has 0 aromatic rings. The maximum atomic E-state index is 10.2. The monoisotopic (exact) mass is 285 g/mol. The van der Waals surface area contributed by atoms with Gasteiger partial charge < -0.3 is 19.6 Å². The van der Waals surface area contributed by atoms with E-state index >= 15 is 0 Å². The molecule has 2 saturated heterocycles. The number of nitrogens with zero attached hydrogens (tertiary/aromatic N) is 3. The number of aliphatic hydroxyl groups is 1. The van der Waals surface area contributed by atoms with Crippen LogP contribution in [0.3, 0.4) is 0 Å². The van der Waals surface area contributed by atoms with Crippen LogP contribution in [0.2, 0.25) is 0 Å². The minimum Gasteiger partial charge on any atom is -0.390 e. The molecule has 2 aliphatic rings. The molecule has 2 rings (SSSR count). The first-order valence-corrected chi connectivity index (χ1v) is 7.98. The SMILES string of the molecule is CN1CCN(CC(O)CN(C)CC2CCOCC2)CC1. The van der Waals surface area contributed by atoms with Gasteiger partial charge in [0, 0.05) is 59.0 Å². The molecule has 0 aromatic carbocycles. The van der Waals surface area contributed by atoms with Gasteiger partial charge in [0.05, 0.1) is 6.10 Å². The molecule has 0 saturated carbocycles. The van der Waals surface area contributed by atoms with Crippen LogP contribution in [0.25, 0.3) is 0 Å². The van der Waals surface area contributed by atoms with Crippen molar-refractivity contribution in [2.24, 2.45) is 5.92 Å². The Morgan fingerprint density at radius 3 is 2.50 bits per heavy atom. The van der Waals surface area contributed by atoms with Gasteiger partial charge in [-0.3, -0.25) is 4.90 Å². The molecular formula is C15H31N3O2. The van der Waals surface area contributed by atoms with E-state index in [1.165, 1.54) is 12.8 Å². The lowest BCUT2D eigenvalue weighted by Crippen LogP contribution is -2.48. The van der Waals surface area contributed by atoms with Gasteiger partial charge in [0.1, 0.15) is 0 Å². The van der Waals surface area contributed by atoms with E-state index in [1.807, 2.05) is 0 Å². The first-order chi connectivity index (χ1) is 9.63. The van der Waals surface area contributed by atoms with Crippen molar-refractivity contribution in [3.05, 3.63) is 0 Å². The Bertz CT molecular complexity index is 264. The zero-order chi connectivity index (χ0) is 14.4. The Morgan fingerprint density at radius 1 is 1.20 bits per heavy atom. The van der Waals surface area contributed by atoms with Crippen LogP contribution in [0.15, 0.2) is 0 Å². The number of rotatable bonds is 6. The van der Waals surface area contributed by atoms with Gasteiger partial charge in [0.25, 0.3) is 0 Å². The van der Waals surface area contributed by atoms with Crippen LogP contribution >= 0.6 is 0 Å². The maximum absolute atomic E-state index is 10.2. The van der Waals surface area contributed by atoms with Crippen LogP contribution in [0.4, 0.5) is 0 Å². The van der Waals surface area contributed by atoms with E-state index < -0.39 is 0 Å². The van der Waals surface area contributed by atoms with Crippen LogP contribution in [0.5, 0.6) is 0 Å². The second-order valence-corrected chi connectivity index (χ2v) is 6.53. The summed E-state index contributed by atoms with van der Waals surface area (Å²) >= 11 is 0. The molecule has 0 spiro atoms. The number of aliphatic hydroxyl groups excluding tert-OH is 1. The molecule has 0 amide bonds. The van der Waals surface area contributed by atoms with Crippen molar-refractivity contribution in [3.63, 3.8) is 0 Å². The summed E-state index contributed by atoms with van der Waals surface area (Å²) in [5, 5.41) is 10.2. The molecule has 2 heterocycles. The summed E-state index contributed by atoms with van der Waals surface area (Å²) in [5.41, 5.74) is 0. The molecule has 0 aliphatic carbocycles. The van der Waals surface area contributed by atoms with Crippen LogP contribution in [0, 0.1) is 5.92 Å². The smallest absolute Gasteiger partial charge is 0.0793 e. The summed E-state index contributed by atoms with van der Waals surface area (Å²) in [6, 6.07) is 0. The zero-order valence-corrected chi connectivity index (χ0v) is 13.1. The molecule has 5 heteroatoms. The Morgan fingerprint density at radius 2 is 1.85 bits per heavy atom. The van der Waals surface area contributed by atoms with E-state index in [4.69, 9.17) is 4.74 Å². The molecule has 1 N–H and O–H groups in total. The van der Waals surface area contributed by atoms with Crippen molar-refractivity contribution in [1.29, 1.82) is 0 Å². The maximum Gasteiger partial charge on any atom is 0.0793 e. The van der Waals surface area contributed by atoms with E-state index in [0.29, 0.717) is 0 Å². The van der Waals surface area contributed by atoms with E-state index in [-0.39, 0.29) is 6.10 Å². The van der Waals surface area contributed by atoms with Crippen LogP contribution in [0.1, 0.15) is 12.8 Å². The van der Waals surface area contributed by atoms with Gasteiger partial charge in [-0.2, -0.15) is 0 Å². The van der Waals surface area contributed by atoms with E-state index in [2.05, 4.69) is 28.8 Å². The van der Waals surface area contributed by atoms with Gasteiger partial charge in [-0.1, -0.05) is 0 Å². The highest BCUT2D eigenvalue weighted by Gasteiger charge is 2.20. The number of ether oxygens (including phenoxy) is 1. The summed E-state index contributed by atoms with van der Waals surface area (Å²) in [6.45, 7) is 8.88. The van der Waals surface area contributed by atoms with Crippen molar-refractivity contribution in [1.82, 2.24) is 14.7 Å². The standard InChI is InChI=1S/C15H31N3O2/c1-16-5-7-18(8-6-16)13-15(19)12-17(2)11-14-3-9-20-10-4-14/h14-15,19H,3-13H2,1-2H3. The van der Waals surface area contributed by atoms with Gasteiger partial charge >= 0.3 is 0 Å². The van der Waals surface area contributed by atoms with Gasteiger partial charge in [-0.05, 0) is 32.9 Å². The number of hydrogen-bond donors (Lipinski definition) is 1. The summed E-state index contributed by atoms with van der Waals surface area (Å²) in [4.78, 5) is 7.02. The topological polar surface area (TPSA) is 39.2 Å². The molecule has 1 unspecified atom stereocenters. The second kappa shape index (κ2) is 8.29. The number of likely N-dealkylation sites (N-methyl/N-ethyl adjacent to an activating group) is 2. The van der Waals surface area contributed by atoms with Gasteiger partial charge in [0.2, 0.25) is 0 Å². The number of piperazine rings is 1. The van der Waals surface area contributed by atoms with Crippen molar-refractivity contribution in [2.75, 3.05) is 73.1 Å². The summed E-state index contributed by atoms with van der Waals surface area (Å²) in [7, 11) is 4.29. The van der Waals surface area contributed by atoms with E-state index in [1.54, 1.807) is 0 Å². The Hall–Kier alpha value is -0.200. The van der Waals surface area contributed by atoms with Gasteiger partial charge in [-0.15, -0.1) is 0 Å². The normalized spacial score (nSPS) is 25.2. The van der Waals surface area contributed by atoms with Crippen molar-refractivity contribution in [3.8, 4) is 0 Å². The third kappa shape index (κ3) is 5.66. The van der Waals surface area contributed by atoms with Crippen LogP contribution in [-0.2, 0) is 4.74 Å². The zero-order valence-electron chi connectivity index (χ0n) is 13.1. The molecule has 2 fully saturated rings. The molecule has 0 aromatic heterocycles. The Labute approximate surface area is 123 Å². The molecule has 2 aliphatic heterocycles. The Kier molecular flexibility index (Phi) is 6.71. The van der Waals surface area contributed by atoms with Crippen molar-refractivity contribution < 1.29 is 9.84 Å². The third-order valence-electron chi connectivity index (χ3n) is 4.50. The lowest BCUT2D eigenvalue weighted by molar-refractivity contribution is 0.0367. The molecule has 1 atom stereocenters. The van der Waals surface area contributed by atoms with Crippen LogP contribution in [-0.4, -0.2) is 99.0 Å². The predicted octanol–water partition coefficient (Wildman–Crippen LogP) is -0.0469. The highest BCUT2D eigenvalue weighted by molar-refractivity contribution is 4.75. The lowest BCUT2D eigenvalue weighted by Gasteiger charge is -2.34.